The minimum Gasteiger partial charge on any atom is -0.477 e. The van der Waals surface area contributed by atoms with Crippen molar-refractivity contribution in [3.63, 3.8) is 0 Å². The number of H-pyrrole nitrogens is 1. The normalized spacial score (nSPS) is 10.2. The van der Waals surface area contributed by atoms with E-state index in [1.807, 2.05) is 12.1 Å². The molecule has 0 aliphatic heterocycles. The molecule has 0 amide bonds. The van der Waals surface area contributed by atoms with Gasteiger partial charge in [0.2, 0.25) is 5.88 Å². The monoisotopic (exact) mass is 217 g/mol. The number of carboxylic acids is 1. The molecule has 1 aromatic heterocycles. The molecule has 0 spiro atoms. The molecule has 0 fully saturated rings. The lowest BCUT2D eigenvalue weighted by Crippen LogP contribution is -2.01. The molecular formula is C12H11NO3. The summed E-state index contributed by atoms with van der Waals surface area (Å²) in [5.41, 5.74) is 0.913. The van der Waals surface area contributed by atoms with E-state index in [9.17, 15) is 4.79 Å². The van der Waals surface area contributed by atoms with E-state index in [4.69, 9.17) is 9.84 Å². The third-order valence-electron chi connectivity index (χ3n) is 2.23. The van der Waals surface area contributed by atoms with Gasteiger partial charge in [0.05, 0.1) is 0 Å². The number of hydrogen-bond acceptors (Lipinski definition) is 2. The van der Waals surface area contributed by atoms with Crippen molar-refractivity contribution in [3.05, 3.63) is 42.5 Å². The zero-order valence-corrected chi connectivity index (χ0v) is 8.56. The van der Waals surface area contributed by atoms with Gasteiger partial charge in [0.1, 0.15) is 12.2 Å². The first-order valence-electron chi connectivity index (χ1n) is 4.81. The summed E-state index contributed by atoms with van der Waals surface area (Å²) in [5.74, 6) is -0.731. The van der Waals surface area contributed by atoms with Gasteiger partial charge in [-0.05, 0) is 6.07 Å². The Morgan fingerprint density at radius 2 is 2.25 bits per heavy atom. The number of fused-ring (bicyclic) bond motifs is 1. The molecule has 2 aromatic rings. The number of aromatic nitrogens is 1. The Labute approximate surface area is 92.2 Å². The van der Waals surface area contributed by atoms with Crippen LogP contribution in [0, 0.1) is 0 Å². The smallest absolute Gasteiger partial charge is 0.341 e. The zero-order valence-electron chi connectivity index (χ0n) is 8.56. The molecule has 4 nitrogen and oxygen atoms in total. The van der Waals surface area contributed by atoms with Crippen molar-refractivity contribution in [1.82, 2.24) is 4.98 Å². The summed E-state index contributed by atoms with van der Waals surface area (Å²) in [6, 6.07) is 7.18. The molecule has 2 N–H and O–H groups in total. The van der Waals surface area contributed by atoms with Crippen LogP contribution in [0.25, 0.3) is 10.9 Å². The number of aromatic amines is 1. The Kier molecular flexibility index (Phi) is 2.64. The van der Waals surface area contributed by atoms with Crippen LogP contribution in [0.15, 0.2) is 36.9 Å². The number of aromatic carboxylic acids is 1. The van der Waals surface area contributed by atoms with Crippen LogP contribution in [-0.2, 0) is 0 Å². The molecule has 0 aliphatic carbocycles. The fourth-order valence-corrected chi connectivity index (χ4v) is 1.58. The van der Waals surface area contributed by atoms with Gasteiger partial charge in [-0.25, -0.2) is 4.79 Å². The number of hydrogen-bond donors (Lipinski definition) is 2. The predicted octanol–water partition coefficient (Wildman–Crippen LogP) is 2.43. The Morgan fingerprint density at radius 3 is 2.94 bits per heavy atom. The summed E-state index contributed by atoms with van der Waals surface area (Å²) in [6.07, 6.45) is 1.57. The van der Waals surface area contributed by atoms with E-state index in [0.29, 0.717) is 5.39 Å². The van der Waals surface area contributed by atoms with Crippen molar-refractivity contribution in [2.75, 3.05) is 6.61 Å². The minimum absolute atomic E-state index is 0.164. The lowest BCUT2D eigenvalue weighted by Gasteiger charge is -2.00. The first-order chi connectivity index (χ1) is 7.74. The van der Waals surface area contributed by atoms with Gasteiger partial charge >= 0.3 is 5.97 Å². The Morgan fingerprint density at radius 1 is 1.50 bits per heavy atom. The molecule has 0 radical (unpaired) electrons. The van der Waals surface area contributed by atoms with Crippen molar-refractivity contribution in [3.8, 4) is 5.88 Å². The van der Waals surface area contributed by atoms with Crippen molar-refractivity contribution in [1.29, 1.82) is 0 Å². The third kappa shape index (κ3) is 1.65. The average molecular weight is 217 g/mol. The number of carbonyl (C=O) groups is 1. The lowest BCUT2D eigenvalue weighted by molar-refractivity contribution is 0.0695. The van der Waals surface area contributed by atoms with Crippen LogP contribution >= 0.6 is 0 Å². The van der Waals surface area contributed by atoms with Crippen molar-refractivity contribution >= 4 is 16.9 Å². The summed E-state index contributed by atoms with van der Waals surface area (Å²) >= 11 is 0. The minimum atomic E-state index is -1.00. The van der Waals surface area contributed by atoms with Crippen molar-refractivity contribution in [2.45, 2.75) is 0 Å². The van der Waals surface area contributed by atoms with E-state index in [1.54, 1.807) is 18.2 Å². The summed E-state index contributed by atoms with van der Waals surface area (Å²) in [6.45, 7) is 3.79. The van der Waals surface area contributed by atoms with Gasteiger partial charge in [0.25, 0.3) is 0 Å². The van der Waals surface area contributed by atoms with Gasteiger partial charge in [-0.3, -0.25) is 0 Å². The van der Waals surface area contributed by atoms with E-state index in [1.165, 1.54) is 0 Å². The topological polar surface area (TPSA) is 62.3 Å². The second kappa shape index (κ2) is 4.10. The highest BCUT2D eigenvalue weighted by Crippen LogP contribution is 2.27. The number of para-hydroxylation sites is 1. The van der Waals surface area contributed by atoms with E-state index in [0.717, 1.165) is 5.52 Å². The molecule has 0 unspecified atom stereocenters. The number of ether oxygens (including phenoxy) is 1. The summed E-state index contributed by atoms with van der Waals surface area (Å²) in [4.78, 5) is 14.1. The van der Waals surface area contributed by atoms with Crippen LogP contribution in [0.1, 0.15) is 10.4 Å². The first-order valence-corrected chi connectivity index (χ1v) is 4.81. The van der Waals surface area contributed by atoms with Crippen molar-refractivity contribution < 1.29 is 14.6 Å². The van der Waals surface area contributed by atoms with Gasteiger partial charge in [-0.1, -0.05) is 30.9 Å². The molecule has 0 bridgehead atoms. The Bertz CT molecular complexity index is 542. The standard InChI is InChI=1S/C12H11NO3/c1-2-7-16-11-10(12(14)15)8-5-3-4-6-9(8)13-11/h2-6,13H,1,7H2,(H,14,15). The molecule has 0 aliphatic rings. The Hall–Kier alpha value is -2.23. The molecule has 4 heteroatoms. The molecule has 1 aromatic carbocycles. The fraction of sp³-hybridized carbons (Fsp3) is 0.0833. The van der Waals surface area contributed by atoms with Crippen LogP contribution in [0.3, 0.4) is 0 Å². The number of benzene rings is 1. The van der Waals surface area contributed by atoms with E-state index < -0.39 is 5.97 Å². The highest BCUT2D eigenvalue weighted by molar-refractivity contribution is 6.05. The fourth-order valence-electron chi connectivity index (χ4n) is 1.58. The quantitative estimate of drug-likeness (QED) is 0.773. The number of carboxylic acid groups (broad SMARTS) is 1. The van der Waals surface area contributed by atoms with Gasteiger partial charge < -0.3 is 14.8 Å². The average Bonchev–Trinajstić information content (AvgIpc) is 2.64. The summed E-state index contributed by atoms with van der Waals surface area (Å²) in [5, 5.41) is 9.77. The number of rotatable bonds is 4. The van der Waals surface area contributed by atoms with Crippen LogP contribution in [0.5, 0.6) is 5.88 Å². The van der Waals surface area contributed by atoms with Crippen molar-refractivity contribution in [2.24, 2.45) is 0 Å². The van der Waals surface area contributed by atoms with Crippen LogP contribution in [0.2, 0.25) is 0 Å². The predicted molar refractivity (Wildman–Crippen MR) is 61.0 cm³/mol. The number of nitrogens with one attached hydrogen (secondary N) is 1. The van der Waals surface area contributed by atoms with Gasteiger partial charge in [-0.2, -0.15) is 0 Å². The maximum absolute atomic E-state index is 11.1. The highest BCUT2D eigenvalue weighted by atomic mass is 16.5. The van der Waals surface area contributed by atoms with E-state index in [-0.39, 0.29) is 18.1 Å². The second-order valence-corrected chi connectivity index (χ2v) is 3.28. The molecule has 0 saturated carbocycles. The lowest BCUT2D eigenvalue weighted by atomic mass is 10.2. The van der Waals surface area contributed by atoms with E-state index >= 15 is 0 Å². The van der Waals surface area contributed by atoms with Crippen LogP contribution in [-0.4, -0.2) is 22.7 Å². The summed E-state index contributed by atoms with van der Waals surface area (Å²) in [7, 11) is 0. The SMILES string of the molecule is C=CCOc1[nH]c2ccccc2c1C(=O)O. The molecule has 16 heavy (non-hydrogen) atoms. The third-order valence-corrected chi connectivity index (χ3v) is 2.23. The molecule has 0 atom stereocenters. The van der Waals surface area contributed by atoms with Gasteiger partial charge in [0.15, 0.2) is 0 Å². The first kappa shape index (κ1) is 10.3. The van der Waals surface area contributed by atoms with E-state index in [2.05, 4.69) is 11.6 Å². The maximum atomic E-state index is 11.1. The summed E-state index contributed by atoms with van der Waals surface area (Å²) < 4.78 is 5.28. The van der Waals surface area contributed by atoms with Gasteiger partial charge in [0, 0.05) is 10.9 Å². The molecule has 0 saturated heterocycles. The molecule has 82 valence electrons. The highest BCUT2D eigenvalue weighted by Gasteiger charge is 2.18. The largest absolute Gasteiger partial charge is 0.477 e. The van der Waals surface area contributed by atoms with Crippen LogP contribution < -0.4 is 4.74 Å². The zero-order chi connectivity index (χ0) is 11.5. The second-order valence-electron chi connectivity index (χ2n) is 3.28. The molecule has 2 rings (SSSR count). The molecule has 1 heterocycles. The Balaban J connectivity index is 2.58. The molecular weight excluding hydrogens is 206 g/mol. The maximum Gasteiger partial charge on any atom is 0.341 e. The van der Waals surface area contributed by atoms with Crippen LogP contribution in [0.4, 0.5) is 0 Å². The van der Waals surface area contributed by atoms with Gasteiger partial charge in [-0.15, -0.1) is 0 Å².